The summed E-state index contributed by atoms with van der Waals surface area (Å²) >= 11 is 0. The maximum absolute atomic E-state index is 12.1. The fourth-order valence-corrected chi connectivity index (χ4v) is 2.48. The van der Waals surface area contributed by atoms with Crippen LogP contribution in [0.15, 0.2) is 12.3 Å². The summed E-state index contributed by atoms with van der Waals surface area (Å²) < 4.78 is 5.40. The summed E-state index contributed by atoms with van der Waals surface area (Å²) in [6, 6.07) is 1.90. The van der Waals surface area contributed by atoms with Crippen molar-refractivity contribution in [3.05, 3.63) is 23.5 Å². The summed E-state index contributed by atoms with van der Waals surface area (Å²) in [7, 11) is 0. The quantitative estimate of drug-likeness (QED) is 0.904. The summed E-state index contributed by atoms with van der Waals surface area (Å²) in [6.45, 7) is 10.4. The van der Waals surface area contributed by atoms with Crippen molar-refractivity contribution in [3.63, 3.8) is 0 Å². The molecule has 1 N–H and O–H groups in total. The van der Waals surface area contributed by atoms with E-state index in [0.717, 1.165) is 24.3 Å². The number of carbonyl (C=O) groups is 1. The molecule has 1 aromatic heterocycles. The molecule has 1 aromatic rings. The fraction of sp³-hybridized carbons (Fsp3) is 0.625. The number of aliphatic hydroxyl groups is 1. The van der Waals surface area contributed by atoms with Gasteiger partial charge in [-0.3, -0.25) is 4.98 Å². The van der Waals surface area contributed by atoms with Gasteiger partial charge < -0.3 is 19.6 Å². The number of hydrogen-bond donors (Lipinski definition) is 1. The molecule has 122 valence electrons. The minimum absolute atomic E-state index is 0.0481. The summed E-state index contributed by atoms with van der Waals surface area (Å²) in [4.78, 5) is 20.2. The molecule has 22 heavy (non-hydrogen) atoms. The van der Waals surface area contributed by atoms with Gasteiger partial charge >= 0.3 is 6.09 Å². The molecule has 1 amide bonds. The van der Waals surface area contributed by atoms with E-state index in [1.807, 2.05) is 33.8 Å². The summed E-state index contributed by atoms with van der Waals surface area (Å²) in [6.07, 6.45) is 1.54. The monoisotopic (exact) mass is 307 g/mol. The number of pyridine rings is 1. The number of aliphatic hydroxyl groups excluding tert-OH is 1. The second-order valence-electron chi connectivity index (χ2n) is 6.57. The highest BCUT2D eigenvalue weighted by Gasteiger charge is 2.26. The minimum Gasteiger partial charge on any atom is -0.444 e. The van der Waals surface area contributed by atoms with E-state index in [-0.39, 0.29) is 12.7 Å². The Labute approximate surface area is 131 Å². The zero-order valence-electron chi connectivity index (χ0n) is 13.8. The molecular weight excluding hydrogens is 282 g/mol. The van der Waals surface area contributed by atoms with Crippen LogP contribution < -0.4 is 4.90 Å². The van der Waals surface area contributed by atoms with Gasteiger partial charge in [0.15, 0.2) is 0 Å². The summed E-state index contributed by atoms with van der Waals surface area (Å²) in [5.41, 5.74) is 2.36. The Balaban J connectivity index is 1.96. The molecule has 6 heteroatoms. The largest absolute Gasteiger partial charge is 0.444 e. The fourth-order valence-electron chi connectivity index (χ4n) is 2.48. The number of hydrogen-bond acceptors (Lipinski definition) is 5. The van der Waals surface area contributed by atoms with Gasteiger partial charge in [0.1, 0.15) is 5.60 Å². The van der Waals surface area contributed by atoms with Crippen LogP contribution in [0.25, 0.3) is 0 Å². The first-order valence-corrected chi connectivity index (χ1v) is 7.59. The van der Waals surface area contributed by atoms with Crippen molar-refractivity contribution in [3.8, 4) is 0 Å². The van der Waals surface area contributed by atoms with Gasteiger partial charge in [0.05, 0.1) is 24.2 Å². The van der Waals surface area contributed by atoms with Crippen molar-refractivity contribution >= 4 is 11.8 Å². The molecular formula is C16H25N3O3. The smallest absolute Gasteiger partial charge is 0.410 e. The van der Waals surface area contributed by atoms with E-state index in [9.17, 15) is 4.79 Å². The molecule has 0 unspecified atom stereocenters. The van der Waals surface area contributed by atoms with Crippen molar-refractivity contribution in [2.75, 3.05) is 31.1 Å². The van der Waals surface area contributed by atoms with E-state index in [2.05, 4.69) is 9.88 Å². The third kappa shape index (κ3) is 4.10. The Morgan fingerprint density at radius 2 is 1.95 bits per heavy atom. The molecule has 2 rings (SSSR count). The SMILES string of the molecule is Cc1cc(CO)ncc1N1CCN(C(=O)OC(C)(C)C)CC1. The highest BCUT2D eigenvalue weighted by molar-refractivity contribution is 5.68. The second kappa shape index (κ2) is 6.52. The molecule has 6 nitrogen and oxygen atoms in total. The second-order valence-corrected chi connectivity index (χ2v) is 6.57. The third-order valence-corrected chi connectivity index (χ3v) is 3.57. The highest BCUT2D eigenvalue weighted by Crippen LogP contribution is 2.21. The molecule has 0 saturated carbocycles. The van der Waals surface area contributed by atoms with Gasteiger partial charge in [-0.1, -0.05) is 0 Å². The Hall–Kier alpha value is -1.82. The van der Waals surface area contributed by atoms with Gasteiger partial charge in [0.2, 0.25) is 0 Å². The van der Waals surface area contributed by atoms with E-state index in [4.69, 9.17) is 9.84 Å². The number of aromatic nitrogens is 1. The molecule has 0 aliphatic carbocycles. The topological polar surface area (TPSA) is 65.9 Å². The normalized spacial score (nSPS) is 15.9. The van der Waals surface area contributed by atoms with Crippen molar-refractivity contribution < 1.29 is 14.6 Å². The predicted octanol–water partition coefficient (Wildman–Crippen LogP) is 1.94. The van der Waals surface area contributed by atoms with Gasteiger partial charge in [0, 0.05) is 26.2 Å². The van der Waals surface area contributed by atoms with E-state index in [1.165, 1.54) is 0 Å². The first kappa shape index (κ1) is 16.5. The Bertz CT molecular complexity index is 532. The lowest BCUT2D eigenvalue weighted by Crippen LogP contribution is -2.50. The van der Waals surface area contributed by atoms with Gasteiger partial charge in [-0.2, -0.15) is 0 Å². The van der Waals surface area contributed by atoms with Crippen molar-refractivity contribution in [2.24, 2.45) is 0 Å². The third-order valence-electron chi connectivity index (χ3n) is 3.57. The molecule has 0 atom stereocenters. The van der Waals surface area contributed by atoms with Crippen LogP contribution in [0.5, 0.6) is 0 Å². The summed E-state index contributed by atoms with van der Waals surface area (Å²) in [5.74, 6) is 0. The lowest BCUT2D eigenvalue weighted by Gasteiger charge is -2.37. The van der Waals surface area contributed by atoms with Gasteiger partial charge in [-0.15, -0.1) is 0 Å². The van der Waals surface area contributed by atoms with E-state index < -0.39 is 5.60 Å². The van der Waals surface area contributed by atoms with Crippen LogP contribution in [0.3, 0.4) is 0 Å². The van der Waals surface area contributed by atoms with Gasteiger partial charge in [0.25, 0.3) is 0 Å². The Kier molecular flexibility index (Phi) is 4.90. The van der Waals surface area contributed by atoms with Crippen molar-refractivity contribution in [2.45, 2.75) is 39.9 Å². The number of amides is 1. The minimum atomic E-state index is -0.463. The molecule has 0 radical (unpaired) electrons. The lowest BCUT2D eigenvalue weighted by atomic mass is 10.2. The average Bonchev–Trinajstić information content (AvgIpc) is 2.45. The highest BCUT2D eigenvalue weighted by atomic mass is 16.6. The van der Waals surface area contributed by atoms with E-state index in [0.29, 0.717) is 18.8 Å². The number of carbonyl (C=O) groups excluding carboxylic acids is 1. The number of anilines is 1. The van der Waals surface area contributed by atoms with E-state index in [1.54, 1.807) is 11.1 Å². The van der Waals surface area contributed by atoms with Gasteiger partial charge in [-0.25, -0.2) is 4.79 Å². The molecule has 1 saturated heterocycles. The molecule has 2 heterocycles. The summed E-state index contributed by atoms with van der Waals surface area (Å²) in [5, 5.41) is 9.12. The number of rotatable bonds is 2. The maximum atomic E-state index is 12.1. The van der Waals surface area contributed by atoms with Gasteiger partial charge in [-0.05, 0) is 39.3 Å². The number of piperazine rings is 1. The van der Waals surface area contributed by atoms with E-state index >= 15 is 0 Å². The zero-order chi connectivity index (χ0) is 16.3. The molecule has 0 spiro atoms. The van der Waals surface area contributed by atoms with Crippen LogP contribution in [0.2, 0.25) is 0 Å². The molecule has 1 aliphatic rings. The number of aryl methyl sites for hydroxylation is 1. The number of ether oxygens (including phenoxy) is 1. The Morgan fingerprint density at radius 3 is 2.45 bits per heavy atom. The first-order valence-electron chi connectivity index (χ1n) is 7.59. The Morgan fingerprint density at radius 1 is 1.32 bits per heavy atom. The average molecular weight is 307 g/mol. The van der Waals surface area contributed by atoms with Crippen molar-refractivity contribution in [1.82, 2.24) is 9.88 Å². The predicted molar refractivity (Wildman–Crippen MR) is 84.9 cm³/mol. The van der Waals surface area contributed by atoms with Crippen LogP contribution in [-0.4, -0.2) is 52.9 Å². The van der Waals surface area contributed by atoms with Crippen LogP contribution in [0, 0.1) is 6.92 Å². The maximum Gasteiger partial charge on any atom is 0.410 e. The molecule has 1 fully saturated rings. The molecule has 1 aliphatic heterocycles. The van der Waals surface area contributed by atoms with Crippen LogP contribution in [0.1, 0.15) is 32.0 Å². The first-order chi connectivity index (χ1) is 10.3. The van der Waals surface area contributed by atoms with Crippen LogP contribution in [-0.2, 0) is 11.3 Å². The molecule has 0 bridgehead atoms. The van der Waals surface area contributed by atoms with Crippen LogP contribution in [0.4, 0.5) is 10.5 Å². The standard InChI is InChI=1S/C16H25N3O3/c1-12-9-13(11-20)17-10-14(12)18-5-7-19(8-6-18)15(21)22-16(2,3)4/h9-10,20H,5-8,11H2,1-4H3. The van der Waals surface area contributed by atoms with Crippen LogP contribution >= 0.6 is 0 Å². The number of nitrogens with zero attached hydrogens (tertiary/aromatic N) is 3. The van der Waals surface area contributed by atoms with Crippen molar-refractivity contribution in [1.29, 1.82) is 0 Å². The zero-order valence-corrected chi connectivity index (χ0v) is 13.8. The molecule has 0 aromatic carbocycles. The lowest BCUT2D eigenvalue weighted by molar-refractivity contribution is 0.0240.